The fourth-order valence-electron chi connectivity index (χ4n) is 0.550. The van der Waals surface area contributed by atoms with Crippen molar-refractivity contribution in [3.05, 3.63) is 12.7 Å². The van der Waals surface area contributed by atoms with Crippen LogP contribution in [0.1, 0.15) is 12.8 Å². The summed E-state index contributed by atoms with van der Waals surface area (Å²) < 4.78 is 9.01. The molecule has 0 saturated heterocycles. The smallest absolute Gasteiger partial charge is 0.330 e. The van der Waals surface area contributed by atoms with Gasteiger partial charge in [0.25, 0.3) is 0 Å². The molecule has 0 spiro atoms. The number of esters is 2. The second-order valence-corrected chi connectivity index (χ2v) is 2.05. The van der Waals surface area contributed by atoms with E-state index in [0.717, 1.165) is 6.08 Å². The Morgan fingerprint density at radius 3 is 2.67 bits per heavy atom. The van der Waals surface area contributed by atoms with Gasteiger partial charge in [0.05, 0.1) is 13.7 Å². The van der Waals surface area contributed by atoms with Crippen molar-refractivity contribution in [1.29, 1.82) is 0 Å². The van der Waals surface area contributed by atoms with Gasteiger partial charge in [-0.25, -0.2) is 4.79 Å². The number of hydrogen-bond acceptors (Lipinski definition) is 4. The van der Waals surface area contributed by atoms with Crippen LogP contribution in [0.15, 0.2) is 12.7 Å². The molecule has 4 heteroatoms. The van der Waals surface area contributed by atoms with E-state index in [9.17, 15) is 9.59 Å². The molecule has 0 aliphatic rings. The molecule has 4 nitrogen and oxygen atoms in total. The highest BCUT2D eigenvalue weighted by Gasteiger charge is 2.00. The van der Waals surface area contributed by atoms with Gasteiger partial charge in [-0.05, 0) is 6.42 Å². The molecular weight excluding hydrogens is 160 g/mol. The van der Waals surface area contributed by atoms with Gasteiger partial charge in [-0.15, -0.1) is 0 Å². The Labute approximate surface area is 71.2 Å². The van der Waals surface area contributed by atoms with Gasteiger partial charge in [0, 0.05) is 12.5 Å². The first-order chi connectivity index (χ1) is 5.70. The molecule has 0 fully saturated rings. The standard InChI is InChI=1S/C8H12O4/c1-3-7(9)12-6-4-5-8(10)11-2/h3H,1,4-6H2,2H3. The van der Waals surface area contributed by atoms with E-state index < -0.39 is 5.97 Å². The molecule has 0 rings (SSSR count). The molecule has 0 aromatic carbocycles. The van der Waals surface area contributed by atoms with Crippen LogP contribution in [0.4, 0.5) is 0 Å². The van der Waals surface area contributed by atoms with Gasteiger partial charge in [0.1, 0.15) is 0 Å². The van der Waals surface area contributed by atoms with E-state index in [1.165, 1.54) is 7.11 Å². The summed E-state index contributed by atoms with van der Waals surface area (Å²) in [7, 11) is 1.32. The van der Waals surface area contributed by atoms with E-state index in [4.69, 9.17) is 0 Å². The monoisotopic (exact) mass is 172 g/mol. The fourth-order valence-corrected chi connectivity index (χ4v) is 0.550. The third-order valence-electron chi connectivity index (χ3n) is 1.16. The van der Waals surface area contributed by atoms with Crippen LogP contribution < -0.4 is 0 Å². The van der Waals surface area contributed by atoms with Crippen LogP contribution in [0.5, 0.6) is 0 Å². The molecular formula is C8H12O4. The fraction of sp³-hybridized carbons (Fsp3) is 0.500. The maximum Gasteiger partial charge on any atom is 0.330 e. The van der Waals surface area contributed by atoms with Gasteiger partial charge in [-0.1, -0.05) is 6.58 Å². The topological polar surface area (TPSA) is 52.6 Å². The molecule has 0 radical (unpaired) electrons. The number of carbonyl (C=O) groups excluding carboxylic acids is 2. The Kier molecular flexibility index (Phi) is 5.69. The van der Waals surface area contributed by atoms with Crippen LogP contribution in [0.25, 0.3) is 0 Å². The lowest BCUT2D eigenvalue weighted by Crippen LogP contribution is -2.05. The minimum Gasteiger partial charge on any atom is -0.469 e. The highest BCUT2D eigenvalue weighted by atomic mass is 16.5. The van der Waals surface area contributed by atoms with Gasteiger partial charge < -0.3 is 9.47 Å². The Balaban J connectivity index is 3.27. The molecule has 0 N–H and O–H groups in total. The van der Waals surface area contributed by atoms with Crippen molar-refractivity contribution in [2.75, 3.05) is 13.7 Å². The number of carbonyl (C=O) groups is 2. The largest absolute Gasteiger partial charge is 0.469 e. The predicted molar refractivity (Wildman–Crippen MR) is 42.4 cm³/mol. The minimum absolute atomic E-state index is 0.222. The van der Waals surface area contributed by atoms with E-state index in [0.29, 0.717) is 6.42 Å². The lowest BCUT2D eigenvalue weighted by atomic mass is 10.3. The van der Waals surface area contributed by atoms with Crippen molar-refractivity contribution in [1.82, 2.24) is 0 Å². The summed E-state index contributed by atoms with van der Waals surface area (Å²) in [4.78, 5) is 21.0. The van der Waals surface area contributed by atoms with Crippen molar-refractivity contribution >= 4 is 11.9 Å². The van der Waals surface area contributed by atoms with Crippen LogP contribution in [-0.2, 0) is 19.1 Å². The molecule has 0 bridgehead atoms. The Morgan fingerprint density at radius 2 is 2.17 bits per heavy atom. The van der Waals surface area contributed by atoms with Gasteiger partial charge in [0.15, 0.2) is 0 Å². The van der Waals surface area contributed by atoms with Crippen LogP contribution in [0.3, 0.4) is 0 Å². The summed E-state index contributed by atoms with van der Waals surface area (Å²) in [5.41, 5.74) is 0. The van der Waals surface area contributed by atoms with Crippen molar-refractivity contribution < 1.29 is 19.1 Å². The maximum absolute atomic E-state index is 10.5. The van der Waals surface area contributed by atoms with Crippen LogP contribution >= 0.6 is 0 Å². The van der Waals surface area contributed by atoms with Crippen LogP contribution in [-0.4, -0.2) is 25.7 Å². The molecule has 0 atom stereocenters. The molecule has 0 unspecified atom stereocenters. The zero-order chi connectivity index (χ0) is 9.40. The molecule has 0 aliphatic heterocycles. The first kappa shape index (κ1) is 10.7. The van der Waals surface area contributed by atoms with Crippen molar-refractivity contribution in [2.45, 2.75) is 12.8 Å². The van der Waals surface area contributed by atoms with Gasteiger partial charge in [-0.3, -0.25) is 4.79 Å². The number of hydrogen-bond donors (Lipinski definition) is 0. The van der Waals surface area contributed by atoms with E-state index in [1.807, 2.05) is 0 Å². The number of ether oxygens (including phenoxy) is 2. The molecule has 0 aliphatic carbocycles. The molecule has 0 aromatic heterocycles. The van der Waals surface area contributed by atoms with E-state index in [-0.39, 0.29) is 19.0 Å². The third-order valence-corrected chi connectivity index (χ3v) is 1.16. The molecule has 68 valence electrons. The zero-order valence-corrected chi connectivity index (χ0v) is 7.04. The van der Waals surface area contributed by atoms with E-state index >= 15 is 0 Å². The summed E-state index contributed by atoms with van der Waals surface area (Å²) in [5.74, 6) is -0.774. The lowest BCUT2D eigenvalue weighted by molar-refractivity contribution is -0.143. The third kappa shape index (κ3) is 5.46. The predicted octanol–water partition coefficient (Wildman–Crippen LogP) is 0.669. The lowest BCUT2D eigenvalue weighted by Gasteiger charge is -2.00. The minimum atomic E-state index is -0.472. The molecule has 0 amide bonds. The van der Waals surface area contributed by atoms with Crippen LogP contribution in [0.2, 0.25) is 0 Å². The SMILES string of the molecule is C=CC(=O)OCCCC(=O)OC. The molecule has 0 aromatic rings. The highest BCUT2D eigenvalue weighted by molar-refractivity contribution is 5.81. The summed E-state index contributed by atoms with van der Waals surface area (Å²) in [6, 6.07) is 0. The number of rotatable bonds is 5. The highest BCUT2D eigenvalue weighted by Crippen LogP contribution is 1.92. The Bertz CT molecular complexity index is 174. The second-order valence-electron chi connectivity index (χ2n) is 2.05. The summed E-state index contributed by atoms with van der Waals surface area (Å²) in [5, 5.41) is 0. The zero-order valence-electron chi connectivity index (χ0n) is 7.04. The molecule has 0 heterocycles. The van der Waals surface area contributed by atoms with Crippen molar-refractivity contribution in [3.8, 4) is 0 Å². The van der Waals surface area contributed by atoms with Crippen molar-refractivity contribution in [2.24, 2.45) is 0 Å². The first-order valence-electron chi connectivity index (χ1n) is 3.56. The number of methoxy groups -OCH3 is 1. The Morgan fingerprint density at radius 1 is 1.50 bits per heavy atom. The Hall–Kier alpha value is -1.32. The van der Waals surface area contributed by atoms with Crippen molar-refractivity contribution in [3.63, 3.8) is 0 Å². The normalized spacial score (nSPS) is 8.75. The van der Waals surface area contributed by atoms with Gasteiger partial charge in [-0.2, -0.15) is 0 Å². The average Bonchev–Trinajstić information content (AvgIpc) is 2.11. The second kappa shape index (κ2) is 6.39. The first-order valence-corrected chi connectivity index (χ1v) is 3.56. The summed E-state index contributed by atoms with van der Waals surface area (Å²) in [6.45, 7) is 3.45. The summed E-state index contributed by atoms with van der Waals surface area (Å²) >= 11 is 0. The molecule has 0 saturated carbocycles. The van der Waals surface area contributed by atoms with E-state index in [1.54, 1.807) is 0 Å². The molecule has 12 heavy (non-hydrogen) atoms. The summed E-state index contributed by atoms with van der Waals surface area (Å²) in [6.07, 6.45) is 1.82. The van der Waals surface area contributed by atoms with E-state index in [2.05, 4.69) is 16.1 Å². The average molecular weight is 172 g/mol. The van der Waals surface area contributed by atoms with Gasteiger partial charge in [0.2, 0.25) is 0 Å². The van der Waals surface area contributed by atoms with Gasteiger partial charge >= 0.3 is 11.9 Å². The van der Waals surface area contributed by atoms with Crippen LogP contribution in [0, 0.1) is 0 Å². The quantitative estimate of drug-likeness (QED) is 0.347. The maximum atomic E-state index is 10.5.